The van der Waals surface area contributed by atoms with Gasteiger partial charge in [0.05, 0.1) is 6.42 Å². The Morgan fingerprint density at radius 1 is 0.972 bits per heavy atom. The molecule has 184 valence electrons. The average molecular weight is 488 g/mol. The second kappa shape index (κ2) is 10.4. The maximum absolute atomic E-state index is 12.5. The standard InChI is InChI=1S/C27H24N2O7/c30-20(15-33-21-9-10-23-24(13-21)35-16-34-23)14-28-26(31)11-17-5-7-19(8-6-17)29-27(32)25-12-18-3-1-2-4-22(18)36-25/h1-10,12-13,20,30H,11,14-16H2,(H,28,31)(H,29,32). The first kappa shape index (κ1) is 23.3. The fourth-order valence-corrected chi connectivity index (χ4v) is 3.69. The number of amides is 2. The molecule has 5 rings (SSSR count). The van der Waals surface area contributed by atoms with Crippen molar-refractivity contribution < 1.29 is 33.3 Å². The molecule has 4 aromatic rings. The SMILES string of the molecule is O=C(Cc1ccc(NC(=O)c2cc3ccccc3o2)cc1)NCC(O)COc1ccc2c(c1)OCO2. The van der Waals surface area contributed by atoms with E-state index in [4.69, 9.17) is 18.6 Å². The average Bonchev–Trinajstić information content (AvgIpc) is 3.54. The van der Waals surface area contributed by atoms with Gasteiger partial charge in [0.15, 0.2) is 17.3 Å². The van der Waals surface area contributed by atoms with Crippen molar-refractivity contribution in [3.63, 3.8) is 0 Å². The molecule has 3 N–H and O–H groups in total. The molecule has 0 bridgehead atoms. The van der Waals surface area contributed by atoms with Gasteiger partial charge >= 0.3 is 0 Å². The normalized spacial score (nSPS) is 12.8. The first-order valence-corrected chi connectivity index (χ1v) is 11.4. The number of nitrogens with one attached hydrogen (secondary N) is 2. The van der Waals surface area contributed by atoms with E-state index in [9.17, 15) is 14.7 Å². The summed E-state index contributed by atoms with van der Waals surface area (Å²) in [5, 5.41) is 16.5. The van der Waals surface area contributed by atoms with Crippen molar-refractivity contribution in [2.45, 2.75) is 12.5 Å². The maximum atomic E-state index is 12.5. The Morgan fingerprint density at radius 2 is 1.78 bits per heavy atom. The van der Waals surface area contributed by atoms with E-state index in [1.807, 2.05) is 18.2 Å². The number of para-hydroxylation sites is 1. The molecule has 0 spiro atoms. The molecular weight excluding hydrogens is 464 g/mol. The summed E-state index contributed by atoms with van der Waals surface area (Å²) in [6, 6.07) is 21.2. The molecule has 1 unspecified atom stereocenters. The number of anilines is 1. The van der Waals surface area contributed by atoms with Crippen molar-refractivity contribution in [3.05, 3.63) is 84.1 Å². The van der Waals surface area contributed by atoms with Crippen molar-refractivity contribution in [1.82, 2.24) is 5.32 Å². The second-order valence-corrected chi connectivity index (χ2v) is 8.26. The molecule has 36 heavy (non-hydrogen) atoms. The fourth-order valence-electron chi connectivity index (χ4n) is 3.69. The van der Waals surface area contributed by atoms with E-state index in [2.05, 4.69) is 10.6 Å². The number of rotatable bonds is 9. The summed E-state index contributed by atoms with van der Waals surface area (Å²) in [6.07, 6.45) is -0.747. The number of aliphatic hydroxyl groups is 1. The molecule has 1 aliphatic rings. The Labute approximate surface area is 206 Å². The number of carbonyl (C=O) groups excluding carboxylic acids is 2. The van der Waals surface area contributed by atoms with Gasteiger partial charge in [0, 0.05) is 23.7 Å². The highest BCUT2D eigenvalue weighted by molar-refractivity contribution is 6.04. The third-order valence-corrected chi connectivity index (χ3v) is 5.55. The van der Waals surface area contributed by atoms with Crippen LogP contribution in [0.1, 0.15) is 16.1 Å². The number of ether oxygens (including phenoxy) is 3. The molecule has 0 radical (unpaired) electrons. The van der Waals surface area contributed by atoms with Crippen LogP contribution in [0.5, 0.6) is 17.2 Å². The van der Waals surface area contributed by atoms with Gasteiger partial charge in [0.1, 0.15) is 24.0 Å². The fraction of sp³-hybridized carbons (Fsp3) is 0.185. The van der Waals surface area contributed by atoms with E-state index in [1.54, 1.807) is 54.6 Å². The lowest BCUT2D eigenvalue weighted by Gasteiger charge is -2.14. The Bertz CT molecular complexity index is 1350. The summed E-state index contributed by atoms with van der Waals surface area (Å²) in [4.78, 5) is 24.8. The lowest BCUT2D eigenvalue weighted by atomic mass is 10.1. The molecule has 3 aromatic carbocycles. The molecule has 2 amide bonds. The monoisotopic (exact) mass is 488 g/mol. The Hall–Kier alpha value is -4.50. The molecule has 9 nitrogen and oxygen atoms in total. The van der Waals surface area contributed by atoms with Crippen LogP contribution in [0.3, 0.4) is 0 Å². The van der Waals surface area contributed by atoms with Crippen LogP contribution in [0.4, 0.5) is 5.69 Å². The van der Waals surface area contributed by atoms with Crippen molar-refractivity contribution in [2.24, 2.45) is 0 Å². The minimum Gasteiger partial charge on any atom is -0.491 e. The molecular formula is C27H24N2O7. The van der Waals surface area contributed by atoms with Crippen molar-refractivity contribution in [2.75, 3.05) is 25.3 Å². The zero-order chi connectivity index (χ0) is 24.9. The first-order valence-electron chi connectivity index (χ1n) is 11.4. The summed E-state index contributed by atoms with van der Waals surface area (Å²) < 4.78 is 21.7. The lowest BCUT2D eigenvalue weighted by molar-refractivity contribution is -0.121. The van der Waals surface area contributed by atoms with Gasteiger partial charge in [-0.15, -0.1) is 0 Å². The predicted molar refractivity (Wildman–Crippen MR) is 131 cm³/mol. The Morgan fingerprint density at radius 3 is 2.61 bits per heavy atom. The summed E-state index contributed by atoms with van der Waals surface area (Å²) in [6.45, 7) is 0.238. The molecule has 0 saturated carbocycles. The third-order valence-electron chi connectivity index (χ3n) is 5.55. The highest BCUT2D eigenvalue weighted by Crippen LogP contribution is 2.35. The number of benzene rings is 3. The smallest absolute Gasteiger partial charge is 0.291 e. The molecule has 1 aliphatic heterocycles. The van der Waals surface area contributed by atoms with Gasteiger partial charge in [-0.05, 0) is 42.0 Å². The van der Waals surface area contributed by atoms with Crippen LogP contribution in [0, 0.1) is 0 Å². The van der Waals surface area contributed by atoms with Crippen LogP contribution in [0.2, 0.25) is 0 Å². The van der Waals surface area contributed by atoms with Gasteiger partial charge in [-0.25, -0.2) is 0 Å². The van der Waals surface area contributed by atoms with Gasteiger partial charge in [0.2, 0.25) is 12.7 Å². The van der Waals surface area contributed by atoms with E-state index in [1.165, 1.54) is 0 Å². The number of fused-ring (bicyclic) bond motifs is 2. The largest absolute Gasteiger partial charge is 0.491 e. The minimum atomic E-state index is -0.879. The summed E-state index contributed by atoms with van der Waals surface area (Å²) in [5.41, 5.74) is 2.00. The molecule has 9 heteroatoms. The molecule has 0 aliphatic carbocycles. The number of carbonyl (C=O) groups is 2. The van der Waals surface area contributed by atoms with Gasteiger partial charge in [-0.1, -0.05) is 30.3 Å². The zero-order valence-corrected chi connectivity index (χ0v) is 19.2. The van der Waals surface area contributed by atoms with Crippen LogP contribution in [0.15, 0.2) is 77.2 Å². The predicted octanol–water partition coefficient (Wildman–Crippen LogP) is 3.51. The quantitative estimate of drug-likeness (QED) is 0.330. The first-order chi connectivity index (χ1) is 17.5. The Kier molecular flexibility index (Phi) is 6.72. The summed E-state index contributed by atoms with van der Waals surface area (Å²) in [5.74, 6) is 1.41. The molecule has 0 saturated heterocycles. The molecule has 0 fully saturated rings. The van der Waals surface area contributed by atoms with E-state index in [0.29, 0.717) is 28.5 Å². The lowest BCUT2D eigenvalue weighted by Crippen LogP contribution is -2.36. The second-order valence-electron chi connectivity index (χ2n) is 8.26. The minimum absolute atomic E-state index is 0.0134. The summed E-state index contributed by atoms with van der Waals surface area (Å²) >= 11 is 0. The zero-order valence-electron chi connectivity index (χ0n) is 19.2. The van der Waals surface area contributed by atoms with Crippen LogP contribution in [-0.2, 0) is 11.2 Å². The van der Waals surface area contributed by atoms with Crippen molar-refractivity contribution in [3.8, 4) is 17.2 Å². The van der Waals surface area contributed by atoms with E-state index >= 15 is 0 Å². The van der Waals surface area contributed by atoms with Crippen molar-refractivity contribution >= 4 is 28.5 Å². The van der Waals surface area contributed by atoms with E-state index in [-0.39, 0.29) is 43.9 Å². The van der Waals surface area contributed by atoms with Gasteiger partial charge in [-0.3, -0.25) is 9.59 Å². The third kappa shape index (κ3) is 5.59. The van der Waals surface area contributed by atoms with Crippen molar-refractivity contribution in [1.29, 1.82) is 0 Å². The van der Waals surface area contributed by atoms with E-state index < -0.39 is 6.10 Å². The molecule has 1 atom stereocenters. The summed E-state index contributed by atoms with van der Waals surface area (Å²) in [7, 11) is 0. The van der Waals surface area contributed by atoms with Gasteiger partial charge in [-0.2, -0.15) is 0 Å². The van der Waals surface area contributed by atoms with Crippen LogP contribution >= 0.6 is 0 Å². The topological polar surface area (TPSA) is 119 Å². The highest BCUT2D eigenvalue weighted by atomic mass is 16.7. The molecule has 2 heterocycles. The van der Waals surface area contributed by atoms with E-state index in [0.717, 1.165) is 10.9 Å². The van der Waals surface area contributed by atoms with Gasteiger partial charge < -0.3 is 34.4 Å². The van der Waals surface area contributed by atoms with Crippen LogP contribution < -0.4 is 24.8 Å². The maximum Gasteiger partial charge on any atom is 0.291 e. The molecule has 1 aromatic heterocycles. The Balaban J connectivity index is 1.05. The number of aliphatic hydroxyl groups excluding tert-OH is 1. The highest BCUT2D eigenvalue weighted by Gasteiger charge is 2.15. The van der Waals surface area contributed by atoms with Crippen LogP contribution in [0.25, 0.3) is 11.0 Å². The number of hydrogen-bond acceptors (Lipinski definition) is 7. The number of furan rings is 1. The number of hydrogen-bond donors (Lipinski definition) is 3. The van der Waals surface area contributed by atoms with Gasteiger partial charge in [0.25, 0.3) is 5.91 Å². The van der Waals surface area contributed by atoms with Crippen LogP contribution in [-0.4, -0.2) is 43.0 Å².